The molecule has 4 nitrogen and oxygen atoms in total. The highest BCUT2D eigenvalue weighted by Gasteiger charge is 2.13. The molecule has 0 saturated heterocycles. The Morgan fingerprint density at radius 3 is 2.67 bits per heavy atom. The van der Waals surface area contributed by atoms with Gasteiger partial charge in [0.25, 0.3) is 0 Å². The normalized spacial score (nSPS) is 10.2. The van der Waals surface area contributed by atoms with Crippen molar-refractivity contribution in [2.75, 3.05) is 0 Å². The van der Waals surface area contributed by atoms with E-state index in [0.717, 1.165) is 36.1 Å². The first-order valence-corrected chi connectivity index (χ1v) is 6.03. The van der Waals surface area contributed by atoms with Crippen molar-refractivity contribution in [2.45, 2.75) is 26.2 Å². The molecule has 4 heteroatoms. The zero-order chi connectivity index (χ0) is 13.0. The van der Waals surface area contributed by atoms with Crippen LogP contribution in [0, 0.1) is 11.3 Å². The first kappa shape index (κ1) is 12.2. The number of nitrogens with one attached hydrogen (secondary N) is 1. The van der Waals surface area contributed by atoms with Gasteiger partial charge in [-0.2, -0.15) is 10.4 Å². The molecule has 0 aliphatic heterocycles. The summed E-state index contributed by atoms with van der Waals surface area (Å²) >= 11 is 0. The van der Waals surface area contributed by atoms with Crippen LogP contribution in [-0.2, 0) is 6.42 Å². The minimum absolute atomic E-state index is 0.141. The molecule has 0 bridgehead atoms. The second-order valence-electron chi connectivity index (χ2n) is 4.19. The molecule has 0 radical (unpaired) electrons. The Balaban J connectivity index is 2.34. The zero-order valence-electron chi connectivity index (χ0n) is 10.3. The van der Waals surface area contributed by atoms with Gasteiger partial charge < -0.3 is 5.11 Å². The van der Waals surface area contributed by atoms with Crippen LogP contribution < -0.4 is 0 Å². The van der Waals surface area contributed by atoms with E-state index in [-0.39, 0.29) is 5.88 Å². The van der Waals surface area contributed by atoms with E-state index in [9.17, 15) is 5.11 Å². The van der Waals surface area contributed by atoms with Gasteiger partial charge in [0.1, 0.15) is 0 Å². The third-order valence-electron chi connectivity index (χ3n) is 2.91. The SMILES string of the molecule is CCCCc1c(-c2ccc(C#N)cc2)n[nH]c1O. The zero-order valence-corrected chi connectivity index (χ0v) is 10.3. The van der Waals surface area contributed by atoms with Crippen LogP contribution in [0.1, 0.15) is 30.9 Å². The monoisotopic (exact) mass is 241 g/mol. The molecule has 1 aromatic carbocycles. The van der Waals surface area contributed by atoms with Crippen LogP contribution in [0.25, 0.3) is 11.3 Å². The number of H-pyrrole nitrogens is 1. The van der Waals surface area contributed by atoms with Crippen LogP contribution in [0.2, 0.25) is 0 Å². The summed E-state index contributed by atoms with van der Waals surface area (Å²) < 4.78 is 0. The summed E-state index contributed by atoms with van der Waals surface area (Å²) in [5.74, 6) is 0.141. The number of aromatic nitrogens is 2. The second kappa shape index (κ2) is 5.37. The lowest BCUT2D eigenvalue weighted by Crippen LogP contribution is -1.88. The Kier molecular flexibility index (Phi) is 3.63. The van der Waals surface area contributed by atoms with E-state index < -0.39 is 0 Å². The average Bonchev–Trinajstić information content (AvgIpc) is 2.78. The minimum atomic E-state index is 0.141. The first-order chi connectivity index (χ1) is 8.76. The van der Waals surface area contributed by atoms with Gasteiger partial charge in [0.05, 0.1) is 17.3 Å². The Morgan fingerprint density at radius 2 is 2.06 bits per heavy atom. The summed E-state index contributed by atoms with van der Waals surface area (Å²) in [7, 11) is 0. The maximum atomic E-state index is 9.75. The lowest BCUT2D eigenvalue weighted by Gasteiger charge is -2.02. The van der Waals surface area contributed by atoms with Gasteiger partial charge >= 0.3 is 0 Å². The highest BCUT2D eigenvalue weighted by Crippen LogP contribution is 2.28. The largest absolute Gasteiger partial charge is 0.493 e. The highest BCUT2D eigenvalue weighted by molar-refractivity contribution is 5.65. The standard InChI is InChI=1S/C14H15N3O/c1-2-3-4-12-13(16-17-14(12)18)11-7-5-10(9-15)6-8-11/h5-8H,2-4H2,1H3,(H2,16,17,18). The van der Waals surface area contributed by atoms with Crippen molar-refractivity contribution >= 4 is 0 Å². The summed E-state index contributed by atoms with van der Waals surface area (Å²) in [4.78, 5) is 0. The van der Waals surface area contributed by atoms with Crippen LogP contribution in [0.5, 0.6) is 5.88 Å². The molecule has 2 N–H and O–H groups in total. The van der Waals surface area contributed by atoms with E-state index in [1.807, 2.05) is 12.1 Å². The molecule has 1 heterocycles. The third-order valence-corrected chi connectivity index (χ3v) is 2.91. The molecule has 0 unspecified atom stereocenters. The molecule has 0 fully saturated rings. The third kappa shape index (κ3) is 2.35. The van der Waals surface area contributed by atoms with Crippen molar-refractivity contribution in [3.05, 3.63) is 35.4 Å². The van der Waals surface area contributed by atoms with Gasteiger partial charge in [-0.25, -0.2) is 5.10 Å². The van der Waals surface area contributed by atoms with Gasteiger partial charge in [0.15, 0.2) is 0 Å². The van der Waals surface area contributed by atoms with E-state index in [2.05, 4.69) is 23.2 Å². The van der Waals surface area contributed by atoms with E-state index >= 15 is 0 Å². The number of nitriles is 1. The predicted octanol–water partition coefficient (Wildman–Crippen LogP) is 3.00. The van der Waals surface area contributed by atoms with Crippen LogP contribution in [0.15, 0.2) is 24.3 Å². The highest BCUT2D eigenvalue weighted by atomic mass is 16.3. The number of aromatic hydroxyl groups is 1. The van der Waals surface area contributed by atoms with Crippen LogP contribution in [-0.4, -0.2) is 15.3 Å². The lowest BCUT2D eigenvalue weighted by molar-refractivity contribution is 0.445. The minimum Gasteiger partial charge on any atom is -0.493 e. The van der Waals surface area contributed by atoms with Crippen molar-refractivity contribution in [1.29, 1.82) is 5.26 Å². The molecule has 0 saturated carbocycles. The van der Waals surface area contributed by atoms with Gasteiger partial charge in [-0.15, -0.1) is 0 Å². The smallest absolute Gasteiger partial charge is 0.210 e. The van der Waals surface area contributed by atoms with Crippen molar-refractivity contribution in [1.82, 2.24) is 10.2 Å². The summed E-state index contributed by atoms with van der Waals surface area (Å²) in [5, 5.41) is 25.3. The fourth-order valence-corrected chi connectivity index (χ4v) is 1.89. The molecule has 1 aromatic heterocycles. The van der Waals surface area contributed by atoms with Crippen LogP contribution in [0.4, 0.5) is 0 Å². The molecule has 0 amide bonds. The number of hydrogen-bond acceptors (Lipinski definition) is 3. The lowest BCUT2D eigenvalue weighted by atomic mass is 10.0. The number of aromatic amines is 1. The van der Waals surface area contributed by atoms with E-state index in [1.165, 1.54) is 0 Å². The molecular weight excluding hydrogens is 226 g/mol. The van der Waals surface area contributed by atoms with E-state index in [0.29, 0.717) is 5.56 Å². The number of nitrogens with zero attached hydrogens (tertiary/aromatic N) is 2. The summed E-state index contributed by atoms with van der Waals surface area (Å²) in [5.41, 5.74) is 3.15. The second-order valence-corrected chi connectivity index (χ2v) is 4.19. The topological polar surface area (TPSA) is 72.7 Å². The number of benzene rings is 1. The Hall–Kier alpha value is -2.28. The van der Waals surface area contributed by atoms with Crippen LogP contribution in [0.3, 0.4) is 0 Å². The Morgan fingerprint density at radius 1 is 1.33 bits per heavy atom. The molecule has 0 aliphatic rings. The average molecular weight is 241 g/mol. The van der Waals surface area contributed by atoms with Crippen molar-refractivity contribution in [2.24, 2.45) is 0 Å². The van der Waals surface area contributed by atoms with E-state index in [1.54, 1.807) is 12.1 Å². The summed E-state index contributed by atoms with van der Waals surface area (Å²) in [6.45, 7) is 2.11. The maximum Gasteiger partial charge on any atom is 0.210 e. The summed E-state index contributed by atoms with van der Waals surface area (Å²) in [6, 6.07) is 9.29. The molecule has 0 atom stereocenters. The maximum absolute atomic E-state index is 9.75. The molecule has 2 rings (SSSR count). The van der Waals surface area contributed by atoms with Gasteiger partial charge in [-0.05, 0) is 25.0 Å². The summed E-state index contributed by atoms with van der Waals surface area (Å²) in [6.07, 6.45) is 2.88. The van der Waals surface area contributed by atoms with Gasteiger partial charge in [0, 0.05) is 11.1 Å². The van der Waals surface area contributed by atoms with Crippen molar-refractivity contribution < 1.29 is 5.11 Å². The molecule has 18 heavy (non-hydrogen) atoms. The van der Waals surface area contributed by atoms with Crippen molar-refractivity contribution in [3.8, 4) is 23.2 Å². The molecule has 0 spiro atoms. The van der Waals surface area contributed by atoms with Gasteiger partial charge in [-0.3, -0.25) is 0 Å². The quantitative estimate of drug-likeness (QED) is 0.864. The molecule has 2 aromatic rings. The fourth-order valence-electron chi connectivity index (χ4n) is 1.89. The Labute approximate surface area is 106 Å². The molecule has 0 aliphatic carbocycles. The number of unbranched alkanes of at least 4 members (excludes halogenated alkanes) is 1. The predicted molar refractivity (Wildman–Crippen MR) is 69.0 cm³/mol. The van der Waals surface area contributed by atoms with Crippen molar-refractivity contribution in [3.63, 3.8) is 0 Å². The fraction of sp³-hybridized carbons (Fsp3) is 0.286. The number of hydrogen-bond donors (Lipinski definition) is 2. The van der Waals surface area contributed by atoms with Gasteiger partial charge in [0.2, 0.25) is 5.88 Å². The molecular formula is C14H15N3O. The van der Waals surface area contributed by atoms with E-state index in [4.69, 9.17) is 5.26 Å². The first-order valence-electron chi connectivity index (χ1n) is 6.03. The van der Waals surface area contributed by atoms with Gasteiger partial charge in [-0.1, -0.05) is 25.5 Å². The Bertz CT molecular complexity index is 564. The van der Waals surface area contributed by atoms with Crippen LogP contribution >= 0.6 is 0 Å². The molecule has 92 valence electrons. The number of rotatable bonds is 4.